The Kier molecular flexibility index (Phi) is 5.06. The van der Waals surface area contributed by atoms with E-state index in [1.54, 1.807) is 19.1 Å². The summed E-state index contributed by atoms with van der Waals surface area (Å²) in [5, 5.41) is 22.7. The maximum Gasteiger partial charge on any atom is 0.320 e. The number of anilines is 1. The third-order valence-electron chi connectivity index (χ3n) is 3.52. The first-order valence-electron chi connectivity index (χ1n) is 7.15. The molecular formula is C16H20N4O2. The van der Waals surface area contributed by atoms with Gasteiger partial charge in [-0.15, -0.1) is 10.2 Å². The molecule has 2 rings (SSSR count). The van der Waals surface area contributed by atoms with E-state index in [2.05, 4.69) is 20.8 Å². The Hall–Kier alpha value is -2.47. The quantitative estimate of drug-likeness (QED) is 0.791. The Balaban J connectivity index is 2.01. The molecule has 0 spiro atoms. The van der Waals surface area contributed by atoms with Crippen LogP contribution in [0, 0.1) is 0 Å². The number of nitrogens with zero attached hydrogens (tertiary/aromatic N) is 2. The molecule has 0 aliphatic heterocycles. The predicted octanol–water partition coefficient (Wildman–Crippen LogP) is 2.43. The van der Waals surface area contributed by atoms with E-state index in [0.717, 1.165) is 11.3 Å². The number of aromatic nitrogens is 2. The minimum Gasteiger partial charge on any atom is -0.394 e. The zero-order valence-corrected chi connectivity index (χ0v) is 12.7. The highest BCUT2D eigenvalue weighted by atomic mass is 16.3. The standard InChI is InChI=1S/C16H20N4O2/c1-3-16(2,11-21)18-15(22)17-14-10-9-13(19-20-14)12-7-5-4-6-8-12/h4-10,21H,3,11H2,1-2H3,(H2,17,18,20,22). The van der Waals surface area contributed by atoms with Crippen LogP contribution in [-0.2, 0) is 0 Å². The second-order valence-corrected chi connectivity index (χ2v) is 5.32. The number of carbonyl (C=O) groups is 1. The molecular weight excluding hydrogens is 280 g/mol. The predicted molar refractivity (Wildman–Crippen MR) is 85.4 cm³/mol. The Morgan fingerprint density at radius 1 is 1.18 bits per heavy atom. The molecule has 1 aromatic carbocycles. The lowest BCUT2D eigenvalue weighted by atomic mass is 10.0. The second-order valence-electron chi connectivity index (χ2n) is 5.32. The number of carbonyl (C=O) groups excluding carboxylic acids is 1. The average Bonchev–Trinajstić information content (AvgIpc) is 2.56. The van der Waals surface area contributed by atoms with E-state index in [1.807, 2.05) is 37.3 Å². The van der Waals surface area contributed by atoms with Crippen molar-refractivity contribution in [1.82, 2.24) is 15.5 Å². The zero-order valence-electron chi connectivity index (χ0n) is 12.7. The Labute approximate surface area is 129 Å². The molecule has 0 radical (unpaired) electrons. The van der Waals surface area contributed by atoms with Gasteiger partial charge >= 0.3 is 6.03 Å². The number of benzene rings is 1. The number of nitrogens with one attached hydrogen (secondary N) is 2. The summed E-state index contributed by atoms with van der Waals surface area (Å²) < 4.78 is 0. The highest BCUT2D eigenvalue weighted by Crippen LogP contribution is 2.16. The fraction of sp³-hybridized carbons (Fsp3) is 0.312. The van der Waals surface area contributed by atoms with Gasteiger partial charge in [0.05, 0.1) is 17.8 Å². The third kappa shape index (κ3) is 4.02. The van der Waals surface area contributed by atoms with Gasteiger partial charge in [0.2, 0.25) is 0 Å². The maximum absolute atomic E-state index is 11.9. The molecule has 0 aliphatic carbocycles. The van der Waals surface area contributed by atoms with E-state index < -0.39 is 11.6 Å². The van der Waals surface area contributed by atoms with Crippen LogP contribution in [0.15, 0.2) is 42.5 Å². The molecule has 1 heterocycles. The number of rotatable bonds is 5. The Bertz CT molecular complexity index is 610. The highest BCUT2D eigenvalue weighted by Gasteiger charge is 2.23. The SMILES string of the molecule is CCC(C)(CO)NC(=O)Nc1ccc(-c2ccccc2)nn1. The number of hydrogen-bond acceptors (Lipinski definition) is 4. The number of amides is 2. The number of urea groups is 1. The van der Waals surface area contributed by atoms with Crippen LogP contribution in [-0.4, -0.2) is 33.5 Å². The summed E-state index contributed by atoms with van der Waals surface area (Å²) in [5.74, 6) is 0.355. The fourth-order valence-corrected chi connectivity index (χ4v) is 1.82. The number of hydrogen-bond donors (Lipinski definition) is 3. The highest BCUT2D eigenvalue weighted by molar-refractivity contribution is 5.88. The van der Waals surface area contributed by atoms with Crippen LogP contribution in [0.1, 0.15) is 20.3 Å². The van der Waals surface area contributed by atoms with Crippen LogP contribution in [0.4, 0.5) is 10.6 Å². The molecule has 0 saturated heterocycles. The molecule has 0 saturated carbocycles. The van der Waals surface area contributed by atoms with Crippen molar-refractivity contribution in [3.05, 3.63) is 42.5 Å². The first-order chi connectivity index (χ1) is 10.6. The summed E-state index contributed by atoms with van der Waals surface area (Å²) >= 11 is 0. The monoisotopic (exact) mass is 300 g/mol. The summed E-state index contributed by atoms with van der Waals surface area (Å²) in [7, 11) is 0. The Morgan fingerprint density at radius 2 is 1.91 bits per heavy atom. The van der Waals surface area contributed by atoms with Crippen molar-refractivity contribution in [2.24, 2.45) is 0 Å². The van der Waals surface area contributed by atoms with E-state index in [0.29, 0.717) is 12.2 Å². The van der Waals surface area contributed by atoms with Crippen LogP contribution in [0.5, 0.6) is 0 Å². The van der Waals surface area contributed by atoms with Gasteiger partial charge in [-0.2, -0.15) is 0 Å². The largest absolute Gasteiger partial charge is 0.394 e. The topological polar surface area (TPSA) is 87.1 Å². The summed E-state index contributed by atoms with van der Waals surface area (Å²) in [5.41, 5.74) is 1.05. The van der Waals surface area contributed by atoms with Gasteiger partial charge in [0.1, 0.15) is 0 Å². The van der Waals surface area contributed by atoms with Crippen molar-refractivity contribution in [3.63, 3.8) is 0 Å². The van der Waals surface area contributed by atoms with Crippen molar-refractivity contribution >= 4 is 11.8 Å². The van der Waals surface area contributed by atoms with Crippen LogP contribution < -0.4 is 10.6 Å². The third-order valence-corrected chi connectivity index (χ3v) is 3.52. The minimum absolute atomic E-state index is 0.129. The van der Waals surface area contributed by atoms with Crippen LogP contribution >= 0.6 is 0 Å². The van der Waals surface area contributed by atoms with Gasteiger partial charge in [-0.3, -0.25) is 5.32 Å². The molecule has 3 N–H and O–H groups in total. The summed E-state index contributed by atoms with van der Waals surface area (Å²) in [4.78, 5) is 11.9. The minimum atomic E-state index is -0.651. The van der Waals surface area contributed by atoms with Gasteiger partial charge in [-0.1, -0.05) is 37.3 Å². The molecule has 1 aromatic heterocycles. The first-order valence-corrected chi connectivity index (χ1v) is 7.15. The molecule has 0 bridgehead atoms. The second kappa shape index (κ2) is 7.00. The molecule has 1 atom stereocenters. The first kappa shape index (κ1) is 15.9. The molecule has 6 nitrogen and oxygen atoms in total. The van der Waals surface area contributed by atoms with Crippen molar-refractivity contribution in [2.75, 3.05) is 11.9 Å². The molecule has 22 heavy (non-hydrogen) atoms. The lowest BCUT2D eigenvalue weighted by Gasteiger charge is -2.26. The maximum atomic E-state index is 11.9. The molecule has 2 aromatic rings. The fourth-order valence-electron chi connectivity index (χ4n) is 1.82. The van der Waals surface area contributed by atoms with Gasteiger partial charge in [0, 0.05) is 5.56 Å². The van der Waals surface area contributed by atoms with Crippen molar-refractivity contribution in [1.29, 1.82) is 0 Å². The van der Waals surface area contributed by atoms with Crippen molar-refractivity contribution in [2.45, 2.75) is 25.8 Å². The Morgan fingerprint density at radius 3 is 2.45 bits per heavy atom. The summed E-state index contributed by atoms with van der Waals surface area (Å²) in [6, 6.07) is 12.7. The molecule has 0 fully saturated rings. The molecule has 6 heteroatoms. The van der Waals surface area contributed by atoms with E-state index >= 15 is 0 Å². The summed E-state index contributed by atoms with van der Waals surface area (Å²) in [6.07, 6.45) is 0.621. The van der Waals surface area contributed by atoms with Gasteiger partial charge in [-0.25, -0.2) is 4.79 Å². The molecule has 0 aliphatic rings. The van der Waals surface area contributed by atoms with Gasteiger partial charge in [0.15, 0.2) is 5.82 Å². The van der Waals surface area contributed by atoms with E-state index in [4.69, 9.17) is 0 Å². The van der Waals surface area contributed by atoms with E-state index in [-0.39, 0.29) is 6.61 Å². The zero-order chi connectivity index (χ0) is 16.0. The lowest BCUT2D eigenvalue weighted by Crippen LogP contribution is -2.50. The molecule has 2 amide bonds. The van der Waals surface area contributed by atoms with Gasteiger partial charge < -0.3 is 10.4 Å². The smallest absolute Gasteiger partial charge is 0.320 e. The van der Waals surface area contributed by atoms with Crippen LogP contribution in [0.2, 0.25) is 0 Å². The van der Waals surface area contributed by atoms with E-state index in [1.165, 1.54) is 0 Å². The van der Waals surface area contributed by atoms with Crippen LogP contribution in [0.25, 0.3) is 11.3 Å². The van der Waals surface area contributed by atoms with E-state index in [9.17, 15) is 9.90 Å². The van der Waals surface area contributed by atoms with Crippen LogP contribution in [0.3, 0.4) is 0 Å². The molecule has 1 unspecified atom stereocenters. The average molecular weight is 300 g/mol. The molecule has 116 valence electrons. The summed E-state index contributed by atoms with van der Waals surface area (Å²) in [6.45, 7) is 3.54. The lowest BCUT2D eigenvalue weighted by molar-refractivity contribution is 0.172. The van der Waals surface area contributed by atoms with Gasteiger partial charge in [-0.05, 0) is 25.5 Å². The normalized spacial score (nSPS) is 13.2. The van der Waals surface area contributed by atoms with Crippen molar-refractivity contribution < 1.29 is 9.90 Å². The number of aliphatic hydroxyl groups is 1. The van der Waals surface area contributed by atoms with Crippen molar-refractivity contribution in [3.8, 4) is 11.3 Å². The van der Waals surface area contributed by atoms with Gasteiger partial charge in [0.25, 0.3) is 0 Å². The number of aliphatic hydroxyl groups excluding tert-OH is 1.